The average molecular weight is 215 g/mol. The van der Waals surface area contributed by atoms with E-state index in [1.165, 1.54) is 10.9 Å². The van der Waals surface area contributed by atoms with Crippen LogP contribution in [0.1, 0.15) is 17.3 Å². The van der Waals surface area contributed by atoms with Crippen LogP contribution in [0.2, 0.25) is 0 Å². The first-order valence-corrected chi connectivity index (χ1v) is 5.37. The van der Waals surface area contributed by atoms with Crippen molar-refractivity contribution in [3.63, 3.8) is 0 Å². The molecule has 2 amide bonds. The number of urea groups is 1. The molecule has 1 aromatic carbocycles. The summed E-state index contributed by atoms with van der Waals surface area (Å²) in [6.45, 7) is 2.70. The molecule has 4 nitrogen and oxygen atoms in total. The van der Waals surface area contributed by atoms with E-state index in [-0.39, 0.29) is 12.1 Å². The fourth-order valence-corrected chi connectivity index (χ4v) is 2.38. The van der Waals surface area contributed by atoms with Gasteiger partial charge in [-0.25, -0.2) is 4.79 Å². The number of carbonyl (C=O) groups excluding carboxylic acids is 1. The Balaban J connectivity index is 2.15. The molecule has 0 radical (unpaired) electrons. The number of aryl methyl sites for hydroxylation is 1. The molecule has 3 rings (SSSR count). The molecule has 1 saturated heterocycles. The molecule has 3 N–H and O–H groups in total. The molecule has 2 aromatic rings. The van der Waals surface area contributed by atoms with Crippen molar-refractivity contribution in [2.75, 3.05) is 6.54 Å². The summed E-state index contributed by atoms with van der Waals surface area (Å²) in [6.07, 6.45) is 0. The molecule has 1 aliphatic rings. The van der Waals surface area contributed by atoms with Gasteiger partial charge in [-0.3, -0.25) is 0 Å². The molecule has 0 unspecified atom stereocenters. The fraction of sp³-hybridized carbons (Fsp3) is 0.250. The predicted octanol–water partition coefficient (Wildman–Crippen LogP) is 1.83. The van der Waals surface area contributed by atoms with E-state index in [4.69, 9.17) is 0 Å². The first-order chi connectivity index (χ1) is 7.75. The van der Waals surface area contributed by atoms with Crippen LogP contribution in [-0.2, 0) is 0 Å². The van der Waals surface area contributed by atoms with Gasteiger partial charge in [0.15, 0.2) is 0 Å². The second-order valence-corrected chi connectivity index (χ2v) is 4.12. The van der Waals surface area contributed by atoms with Crippen molar-refractivity contribution in [3.8, 4) is 0 Å². The lowest BCUT2D eigenvalue weighted by molar-refractivity contribution is 0.247. The van der Waals surface area contributed by atoms with Crippen molar-refractivity contribution >= 4 is 16.9 Å². The van der Waals surface area contributed by atoms with Crippen LogP contribution in [0.4, 0.5) is 4.79 Å². The van der Waals surface area contributed by atoms with Gasteiger partial charge in [-0.1, -0.05) is 18.2 Å². The van der Waals surface area contributed by atoms with E-state index in [1.807, 2.05) is 19.1 Å². The van der Waals surface area contributed by atoms with Crippen LogP contribution < -0.4 is 10.6 Å². The molecule has 0 saturated carbocycles. The standard InChI is InChI=1S/C12H13N3O/c1-7-11(10-6-13-12(16)15-10)8-4-2-3-5-9(8)14-7/h2-5,10,14H,6H2,1H3,(H2,13,15,16)/t10-/m1/s1. The number of para-hydroxylation sites is 1. The fourth-order valence-electron chi connectivity index (χ4n) is 2.38. The van der Waals surface area contributed by atoms with Crippen molar-refractivity contribution in [1.82, 2.24) is 15.6 Å². The Morgan fingerprint density at radius 2 is 2.12 bits per heavy atom. The van der Waals surface area contributed by atoms with Gasteiger partial charge < -0.3 is 15.6 Å². The lowest BCUT2D eigenvalue weighted by Gasteiger charge is -2.08. The lowest BCUT2D eigenvalue weighted by Crippen LogP contribution is -2.21. The zero-order valence-corrected chi connectivity index (χ0v) is 9.00. The lowest BCUT2D eigenvalue weighted by atomic mass is 10.0. The van der Waals surface area contributed by atoms with Gasteiger partial charge in [-0.2, -0.15) is 0 Å². The molecule has 0 aliphatic carbocycles. The third kappa shape index (κ3) is 1.26. The van der Waals surface area contributed by atoms with Crippen molar-refractivity contribution in [2.24, 2.45) is 0 Å². The Hall–Kier alpha value is -1.97. The molecule has 4 heteroatoms. The van der Waals surface area contributed by atoms with Gasteiger partial charge in [0.25, 0.3) is 0 Å². The number of nitrogens with one attached hydrogen (secondary N) is 3. The Morgan fingerprint density at radius 3 is 2.88 bits per heavy atom. The second kappa shape index (κ2) is 3.27. The van der Waals surface area contributed by atoms with E-state index in [9.17, 15) is 4.79 Å². The zero-order valence-electron chi connectivity index (χ0n) is 9.00. The van der Waals surface area contributed by atoms with Crippen molar-refractivity contribution in [1.29, 1.82) is 0 Å². The van der Waals surface area contributed by atoms with Crippen LogP contribution in [0.5, 0.6) is 0 Å². The zero-order chi connectivity index (χ0) is 11.1. The Bertz CT molecular complexity index is 558. The van der Waals surface area contributed by atoms with Crippen LogP contribution in [0.15, 0.2) is 24.3 Å². The largest absolute Gasteiger partial charge is 0.358 e. The van der Waals surface area contributed by atoms with E-state index in [1.54, 1.807) is 0 Å². The summed E-state index contributed by atoms with van der Waals surface area (Å²) >= 11 is 0. The van der Waals surface area contributed by atoms with Crippen molar-refractivity contribution in [3.05, 3.63) is 35.5 Å². The minimum absolute atomic E-state index is 0.0728. The molecule has 16 heavy (non-hydrogen) atoms. The number of aromatic amines is 1. The summed E-state index contributed by atoms with van der Waals surface area (Å²) in [4.78, 5) is 14.5. The van der Waals surface area contributed by atoms with E-state index in [0.29, 0.717) is 6.54 Å². The van der Waals surface area contributed by atoms with Crippen molar-refractivity contribution < 1.29 is 4.79 Å². The number of aromatic nitrogens is 1. The maximum absolute atomic E-state index is 11.2. The average Bonchev–Trinajstić information content (AvgIpc) is 2.80. The van der Waals surface area contributed by atoms with E-state index in [0.717, 1.165) is 11.2 Å². The maximum Gasteiger partial charge on any atom is 0.315 e. The monoisotopic (exact) mass is 215 g/mol. The topological polar surface area (TPSA) is 56.9 Å². The van der Waals surface area contributed by atoms with Gasteiger partial charge in [0, 0.05) is 28.7 Å². The van der Waals surface area contributed by atoms with Crippen molar-refractivity contribution in [2.45, 2.75) is 13.0 Å². The molecule has 1 aromatic heterocycles. The smallest absolute Gasteiger partial charge is 0.315 e. The summed E-state index contributed by atoms with van der Waals surface area (Å²) in [5, 5.41) is 6.89. The number of amides is 2. The van der Waals surface area contributed by atoms with E-state index < -0.39 is 0 Å². The summed E-state index contributed by atoms with van der Waals surface area (Å²) in [5.41, 5.74) is 3.43. The summed E-state index contributed by atoms with van der Waals surface area (Å²) in [5.74, 6) is 0. The summed E-state index contributed by atoms with van der Waals surface area (Å²) in [7, 11) is 0. The Kier molecular flexibility index (Phi) is 1.89. The number of fused-ring (bicyclic) bond motifs is 1. The van der Waals surface area contributed by atoms with Crippen LogP contribution in [0.25, 0.3) is 10.9 Å². The molecule has 1 atom stereocenters. The molecule has 82 valence electrons. The number of carbonyl (C=O) groups is 1. The minimum atomic E-state index is -0.0883. The summed E-state index contributed by atoms with van der Waals surface area (Å²) < 4.78 is 0. The highest BCUT2D eigenvalue weighted by molar-refractivity contribution is 5.87. The Labute approximate surface area is 93.0 Å². The molecular formula is C12H13N3O. The third-order valence-electron chi connectivity index (χ3n) is 3.06. The van der Waals surface area contributed by atoms with Gasteiger partial charge in [-0.05, 0) is 13.0 Å². The maximum atomic E-state index is 11.2. The summed E-state index contributed by atoms with van der Waals surface area (Å²) in [6, 6.07) is 8.14. The number of benzene rings is 1. The minimum Gasteiger partial charge on any atom is -0.358 e. The van der Waals surface area contributed by atoms with Gasteiger partial charge in [0.1, 0.15) is 0 Å². The van der Waals surface area contributed by atoms with Crippen LogP contribution in [0.3, 0.4) is 0 Å². The number of H-pyrrole nitrogens is 1. The molecular weight excluding hydrogens is 202 g/mol. The Morgan fingerprint density at radius 1 is 1.31 bits per heavy atom. The van der Waals surface area contributed by atoms with E-state index in [2.05, 4.69) is 27.8 Å². The number of hydrogen-bond donors (Lipinski definition) is 3. The highest BCUT2D eigenvalue weighted by atomic mass is 16.2. The van der Waals surface area contributed by atoms with Gasteiger partial charge in [-0.15, -0.1) is 0 Å². The number of rotatable bonds is 1. The number of hydrogen-bond acceptors (Lipinski definition) is 1. The third-order valence-corrected chi connectivity index (χ3v) is 3.06. The van der Waals surface area contributed by atoms with Crippen LogP contribution in [-0.4, -0.2) is 17.6 Å². The van der Waals surface area contributed by atoms with Gasteiger partial charge in [0.2, 0.25) is 0 Å². The second-order valence-electron chi connectivity index (χ2n) is 4.12. The first-order valence-electron chi connectivity index (χ1n) is 5.37. The van der Waals surface area contributed by atoms with Gasteiger partial charge >= 0.3 is 6.03 Å². The quantitative estimate of drug-likeness (QED) is 0.667. The molecule has 1 fully saturated rings. The predicted molar refractivity (Wildman–Crippen MR) is 62.3 cm³/mol. The molecule has 1 aliphatic heterocycles. The first kappa shape index (κ1) is 9.27. The van der Waals surface area contributed by atoms with Gasteiger partial charge in [0.05, 0.1) is 6.04 Å². The van der Waals surface area contributed by atoms with E-state index >= 15 is 0 Å². The highest BCUT2D eigenvalue weighted by Crippen LogP contribution is 2.28. The molecule has 2 heterocycles. The normalized spacial score (nSPS) is 19.8. The van der Waals surface area contributed by atoms with Crippen LogP contribution in [0, 0.1) is 6.92 Å². The molecule has 0 bridgehead atoms. The molecule has 0 spiro atoms. The SMILES string of the molecule is Cc1[nH]c2ccccc2c1[C@H]1CNC(=O)N1. The van der Waals surface area contributed by atoms with Crippen LogP contribution >= 0.6 is 0 Å². The highest BCUT2D eigenvalue weighted by Gasteiger charge is 2.25.